The lowest BCUT2D eigenvalue weighted by atomic mass is 10.1. The summed E-state index contributed by atoms with van der Waals surface area (Å²) >= 11 is 0. The zero-order valence-corrected chi connectivity index (χ0v) is 11.1. The largest absolute Gasteiger partial charge is 0.381 e. The average molecular weight is 265 g/mol. The zero-order valence-electron chi connectivity index (χ0n) is 11.1. The second-order valence-electron chi connectivity index (χ2n) is 4.65. The summed E-state index contributed by atoms with van der Waals surface area (Å²) < 4.78 is 6.64. The van der Waals surface area contributed by atoms with Crippen LogP contribution < -0.4 is 10.5 Å². The number of ether oxygens (including phenoxy) is 1. The van der Waals surface area contributed by atoms with E-state index in [0.29, 0.717) is 19.1 Å². The monoisotopic (exact) mass is 265 g/mol. The molecule has 1 aromatic rings. The highest BCUT2D eigenvalue weighted by molar-refractivity contribution is 5.49. The molecule has 1 aliphatic heterocycles. The molecule has 0 aliphatic carbocycles. The van der Waals surface area contributed by atoms with E-state index in [4.69, 9.17) is 4.74 Å². The highest BCUT2D eigenvalue weighted by Crippen LogP contribution is 2.18. The first kappa shape index (κ1) is 13.7. The Balaban J connectivity index is 2.04. The molecule has 104 valence electrons. The highest BCUT2D eigenvalue weighted by atomic mass is 16.5. The summed E-state index contributed by atoms with van der Waals surface area (Å²) in [6, 6.07) is 1.59. The van der Waals surface area contributed by atoms with E-state index in [9.17, 15) is 9.59 Å². The van der Waals surface area contributed by atoms with E-state index >= 15 is 0 Å². The molecule has 0 spiro atoms. The number of carbonyl (C=O) groups excluding carboxylic acids is 1. The van der Waals surface area contributed by atoms with Crippen molar-refractivity contribution in [2.45, 2.75) is 31.9 Å². The first-order valence-electron chi connectivity index (χ1n) is 6.53. The van der Waals surface area contributed by atoms with Gasteiger partial charge in [0, 0.05) is 32.7 Å². The van der Waals surface area contributed by atoms with Crippen molar-refractivity contribution in [3.8, 4) is 0 Å². The van der Waals surface area contributed by atoms with Gasteiger partial charge in [-0.05, 0) is 12.8 Å². The van der Waals surface area contributed by atoms with Crippen LogP contribution in [0.25, 0.3) is 0 Å². The number of hydrogen-bond donors (Lipinski definition) is 0. The molecular weight excluding hydrogens is 246 g/mol. The van der Waals surface area contributed by atoms with Crippen LogP contribution in [-0.4, -0.2) is 42.4 Å². The first-order chi connectivity index (χ1) is 9.24. The van der Waals surface area contributed by atoms with Crippen LogP contribution in [0.4, 0.5) is 5.69 Å². The fourth-order valence-electron chi connectivity index (χ4n) is 2.29. The summed E-state index contributed by atoms with van der Waals surface area (Å²) in [5.41, 5.74) is 0.690. The van der Waals surface area contributed by atoms with Crippen LogP contribution in [-0.2, 0) is 16.1 Å². The number of methoxy groups -OCH3 is 1. The molecule has 0 amide bonds. The molecule has 0 radical (unpaired) electrons. The number of aryl methyl sites for hydroxylation is 1. The van der Waals surface area contributed by atoms with E-state index in [0.717, 1.165) is 37.9 Å². The van der Waals surface area contributed by atoms with Gasteiger partial charge < -0.3 is 14.4 Å². The number of carbonyl (C=O) groups is 1. The van der Waals surface area contributed by atoms with Gasteiger partial charge in [0.25, 0.3) is 5.56 Å². The minimum atomic E-state index is -0.159. The summed E-state index contributed by atoms with van der Waals surface area (Å²) in [6.45, 7) is 2.09. The van der Waals surface area contributed by atoms with Crippen molar-refractivity contribution in [2.75, 3.05) is 25.1 Å². The SMILES string of the molecule is COC1CCN(c2cnn(CCC=O)c(=O)c2)CC1. The summed E-state index contributed by atoms with van der Waals surface area (Å²) in [6.07, 6.45) is 5.04. The molecule has 0 aromatic carbocycles. The topological polar surface area (TPSA) is 64.4 Å². The van der Waals surface area contributed by atoms with Crippen molar-refractivity contribution in [1.29, 1.82) is 0 Å². The lowest BCUT2D eigenvalue weighted by Crippen LogP contribution is -2.37. The number of nitrogens with zero attached hydrogens (tertiary/aromatic N) is 3. The predicted octanol–water partition coefficient (Wildman–Crippen LogP) is 0.447. The normalized spacial score (nSPS) is 16.6. The third kappa shape index (κ3) is 3.41. The number of rotatable bonds is 5. The van der Waals surface area contributed by atoms with Crippen LogP contribution in [0.2, 0.25) is 0 Å². The maximum Gasteiger partial charge on any atom is 0.268 e. The van der Waals surface area contributed by atoms with Crippen molar-refractivity contribution in [1.82, 2.24) is 9.78 Å². The summed E-state index contributed by atoms with van der Waals surface area (Å²) in [5.74, 6) is 0. The van der Waals surface area contributed by atoms with Gasteiger partial charge in [-0.1, -0.05) is 0 Å². The van der Waals surface area contributed by atoms with Gasteiger partial charge in [0.05, 0.1) is 24.5 Å². The van der Waals surface area contributed by atoms with Crippen molar-refractivity contribution < 1.29 is 9.53 Å². The van der Waals surface area contributed by atoms with Gasteiger partial charge in [-0.15, -0.1) is 0 Å². The Morgan fingerprint density at radius 3 is 2.79 bits per heavy atom. The summed E-state index contributed by atoms with van der Waals surface area (Å²) in [7, 11) is 1.73. The van der Waals surface area contributed by atoms with Crippen LogP contribution in [0, 0.1) is 0 Å². The zero-order chi connectivity index (χ0) is 13.7. The molecule has 0 atom stereocenters. The predicted molar refractivity (Wildman–Crippen MR) is 71.4 cm³/mol. The Bertz CT molecular complexity index is 478. The lowest BCUT2D eigenvalue weighted by Gasteiger charge is -2.32. The number of aldehydes is 1. The van der Waals surface area contributed by atoms with E-state index in [1.54, 1.807) is 19.4 Å². The number of aromatic nitrogens is 2. The standard InChI is InChI=1S/C13H19N3O3/c1-19-12-3-6-15(7-4-12)11-9-13(18)16(14-10-11)5-2-8-17/h8-10,12H,2-7H2,1H3. The van der Waals surface area contributed by atoms with Gasteiger partial charge in [0.15, 0.2) is 0 Å². The quantitative estimate of drug-likeness (QED) is 0.723. The van der Waals surface area contributed by atoms with Gasteiger partial charge in [-0.25, -0.2) is 4.68 Å². The lowest BCUT2D eigenvalue weighted by molar-refractivity contribution is -0.108. The van der Waals surface area contributed by atoms with Crippen molar-refractivity contribution in [2.24, 2.45) is 0 Å². The van der Waals surface area contributed by atoms with Crippen LogP contribution in [0.1, 0.15) is 19.3 Å². The molecule has 0 unspecified atom stereocenters. The van der Waals surface area contributed by atoms with Crippen LogP contribution in [0.5, 0.6) is 0 Å². The third-order valence-corrected chi connectivity index (χ3v) is 3.45. The van der Waals surface area contributed by atoms with Gasteiger partial charge in [0.2, 0.25) is 0 Å². The molecule has 1 aromatic heterocycles. The minimum absolute atomic E-state index is 0.159. The van der Waals surface area contributed by atoms with E-state index in [-0.39, 0.29) is 5.56 Å². The first-order valence-corrected chi connectivity index (χ1v) is 6.53. The van der Waals surface area contributed by atoms with Gasteiger partial charge in [-0.3, -0.25) is 4.79 Å². The third-order valence-electron chi connectivity index (χ3n) is 3.45. The molecule has 6 heteroatoms. The van der Waals surface area contributed by atoms with Gasteiger partial charge in [-0.2, -0.15) is 5.10 Å². The van der Waals surface area contributed by atoms with Crippen molar-refractivity contribution in [3.63, 3.8) is 0 Å². The average Bonchev–Trinajstić information content (AvgIpc) is 2.46. The molecule has 0 N–H and O–H groups in total. The molecule has 1 fully saturated rings. The number of hydrogen-bond acceptors (Lipinski definition) is 5. The van der Waals surface area contributed by atoms with Crippen LogP contribution >= 0.6 is 0 Å². The van der Waals surface area contributed by atoms with E-state index in [2.05, 4.69) is 10.00 Å². The molecule has 6 nitrogen and oxygen atoms in total. The molecule has 1 aliphatic rings. The molecular formula is C13H19N3O3. The summed E-state index contributed by atoms with van der Waals surface area (Å²) in [4.78, 5) is 24.3. The Kier molecular flexibility index (Phi) is 4.68. The maximum absolute atomic E-state index is 11.8. The van der Waals surface area contributed by atoms with Gasteiger partial charge in [0.1, 0.15) is 6.29 Å². The van der Waals surface area contributed by atoms with E-state index in [1.807, 2.05) is 0 Å². The van der Waals surface area contributed by atoms with Gasteiger partial charge >= 0.3 is 0 Å². The highest BCUT2D eigenvalue weighted by Gasteiger charge is 2.19. The molecule has 1 saturated heterocycles. The molecule has 2 heterocycles. The number of anilines is 1. The Labute approximate surface area is 112 Å². The second kappa shape index (κ2) is 6.47. The fourth-order valence-corrected chi connectivity index (χ4v) is 2.29. The Morgan fingerprint density at radius 2 is 2.21 bits per heavy atom. The molecule has 0 saturated carbocycles. The fraction of sp³-hybridized carbons (Fsp3) is 0.615. The van der Waals surface area contributed by atoms with Crippen molar-refractivity contribution >= 4 is 12.0 Å². The van der Waals surface area contributed by atoms with Crippen molar-refractivity contribution in [3.05, 3.63) is 22.6 Å². The second-order valence-corrected chi connectivity index (χ2v) is 4.65. The maximum atomic E-state index is 11.8. The minimum Gasteiger partial charge on any atom is -0.381 e. The Hall–Kier alpha value is -1.69. The Morgan fingerprint density at radius 1 is 1.47 bits per heavy atom. The molecule has 19 heavy (non-hydrogen) atoms. The van der Waals surface area contributed by atoms with E-state index in [1.165, 1.54) is 4.68 Å². The molecule has 2 rings (SSSR count). The summed E-state index contributed by atoms with van der Waals surface area (Å²) in [5, 5.41) is 4.10. The smallest absolute Gasteiger partial charge is 0.268 e. The van der Waals surface area contributed by atoms with Crippen LogP contribution in [0.3, 0.4) is 0 Å². The van der Waals surface area contributed by atoms with E-state index < -0.39 is 0 Å². The molecule has 0 bridgehead atoms. The van der Waals surface area contributed by atoms with Crippen LogP contribution in [0.15, 0.2) is 17.1 Å². The number of piperidine rings is 1.